The van der Waals surface area contributed by atoms with Gasteiger partial charge in [-0.1, -0.05) is 35.9 Å². The van der Waals surface area contributed by atoms with E-state index in [1.165, 1.54) is 0 Å². The molecule has 2 amide bonds. The van der Waals surface area contributed by atoms with Crippen LogP contribution in [0.25, 0.3) is 11.1 Å². The van der Waals surface area contributed by atoms with Crippen LogP contribution in [0.5, 0.6) is 0 Å². The number of nitrogens with one attached hydrogen (secondary N) is 3. The number of halogens is 1. The molecule has 274 valence electrons. The SMILES string of the molecule is [2H]C([2H])([2H])OCC12CCC(CCN3CCc4c(nc(C(=O)Nc5cccc(-c6cccc(NC(=O)c7nc8c(n7C)CCNC8)c6Cl)c5C)n4C)C3)(CC1)C2. The maximum Gasteiger partial charge on any atom is 0.291 e. The number of methoxy groups -OCH3 is 1. The zero-order chi connectivity index (χ0) is 38.7. The molecule has 2 aliphatic heterocycles. The van der Waals surface area contributed by atoms with E-state index < -0.39 is 7.04 Å². The topological polar surface area (TPSA) is 118 Å². The number of fused-ring (bicyclic) bond motifs is 4. The molecule has 4 heterocycles. The van der Waals surface area contributed by atoms with Crippen LogP contribution in [0.1, 0.15) is 92.2 Å². The number of carbonyl (C=O) groups is 2. The number of anilines is 2. The predicted molar refractivity (Wildman–Crippen MR) is 203 cm³/mol. The fourth-order valence-corrected chi connectivity index (χ4v) is 9.71. The van der Waals surface area contributed by atoms with Crippen molar-refractivity contribution in [3.05, 3.63) is 81.4 Å². The van der Waals surface area contributed by atoms with E-state index in [1.807, 2.05) is 60.5 Å². The maximum atomic E-state index is 13.8. The minimum absolute atomic E-state index is 0.0107. The standard InChI is InChI=1S/C40H49ClN8O3/c1-25-26(27-8-6-10-29(34(27)41)46-38(51)35-43-30-21-42-18-11-32(30)47(35)2)7-5-9-28(25)45-37(50)36-44-31-22-49(19-12-33(31)48(36)3)20-17-39-13-15-40(23-39,16-14-39)24-52-4/h5-10,42H,11-24H2,1-4H3,(H,45,50)(H,46,51)/i4D3. The van der Waals surface area contributed by atoms with Crippen molar-refractivity contribution in [2.45, 2.75) is 71.4 Å². The number of aromatic nitrogens is 4. The first-order valence-electron chi connectivity index (χ1n) is 19.9. The van der Waals surface area contributed by atoms with Crippen LogP contribution in [0.3, 0.4) is 0 Å². The molecular weight excluding hydrogens is 676 g/mol. The third-order valence-corrected chi connectivity index (χ3v) is 12.9. The molecule has 2 bridgehead atoms. The van der Waals surface area contributed by atoms with Crippen LogP contribution < -0.4 is 16.0 Å². The van der Waals surface area contributed by atoms with Crippen LogP contribution in [0.4, 0.5) is 11.4 Å². The molecule has 11 nitrogen and oxygen atoms in total. The Morgan fingerprint density at radius 3 is 2.31 bits per heavy atom. The number of benzene rings is 2. The Labute approximate surface area is 314 Å². The minimum Gasteiger partial charge on any atom is -0.384 e. The van der Waals surface area contributed by atoms with E-state index in [1.54, 1.807) is 6.07 Å². The monoisotopic (exact) mass is 727 g/mol. The van der Waals surface area contributed by atoms with Crippen molar-refractivity contribution in [3.63, 3.8) is 0 Å². The van der Waals surface area contributed by atoms with Crippen molar-refractivity contribution in [1.82, 2.24) is 29.3 Å². The van der Waals surface area contributed by atoms with Crippen LogP contribution in [-0.4, -0.2) is 69.1 Å². The molecule has 2 saturated carbocycles. The van der Waals surface area contributed by atoms with Gasteiger partial charge in [-0.25, -0.2) is 9.97 Å². The summed E-state index contributed by atoms with van der Waals surface area (Å²) in [7, 11) is 1.44. The minimum atomic E-state index is -2.34. The molecule has 2 fully saturated rings. The molecule has 3 N–H and O–H groups in total. The third-order valence-electron chi connectivity index (χ3n) is 12.4. The lowest BCUT2D eigenvalue weighted by atomic mass is 9.80. The Hall–Kier alpha value is -4.03. The second kappa shape index (κ2) is 13.7. The largest absolute Gasteiger partial charge is 0.384 e. The fourth-order valence-electron chi connectivity index (χ4n) is 9.43. The van der Waals surface area contributed by atoms with E-state index in [0.29, 0.717) is 47.7 Å². The van der Waals surface area contributed by atoms with Crippen LogP contribution in [0.2, 0.25) is 5.02 Å². The Balaban J connectivity index is 0.923. The predicted octanol–water partition coefficient (Wildman–Crippen LogP) is 6.28. The summed E-state index contributed by atoms with van der Waals surface area (Å²) in [5, 5.41) is 9.77. The zero-order valence-electron chi connectivity index (χ0n) is 33.2. The maximum absolute atomic E-state index is 13.8. The van der Waals surface area contributed by atoms with Gasteiger partial charge in [-0.2, -0.15) is 0 Å². The van der Waals surface area contributed by atoms with Crippen molar-refractivity contribution in [3.8, 4) is 11.1 Å². The lowest BCUT2D eigenvalue weighted by Crippen LogP contribution is -2.34. The molecule has 2 aromatic carbocycles. The first kappa shape index (κ1) is 31.5. The first-order valence-corrected chi connectivity index (χ1v) is 18.8. The first-order chi connectivity index (χ1) is 26.2. The molecule has 8 rings (SSSR count). The van der Waals surface area contributed by atoms with Crippen molar-refractivity contribution in [1.29, 1.82) is 0 Å². The van der Waals surface area contributed by atoms with Gasteiger partial charge in [0.25, 0.3) is 11.8 Å². The molecule has 12 heteroatoms. The summed E-state index contributed by atoms with van der Waals surface area (Å²) in [6.45, 7) is 6.31. The zero-order valence-corrected chi connectivity index (χ0v) is 31.0. The van der Waals surface area contributed by atoms with Crippen molar-refractivity contribution in [2.24, 2.45) is 24.9 Å². The lowest BCUT2D eigenvalue weighted by Gasteiger charge is -2.32. The van der Waals surface area contributed by atoms with Gasteiger partial charge in [0.15, 0.2) is 11.6 Å². The van der Waals surface area contributed by atoms with Gasteiger partial charge in [0.05, 0.1) is 32.8 Å². The molecule has 4 aromatic rings. The molecular formula is C40H49ClN8O3. The van der Waals surface area contributed by atoms with E-state index in [4.69, 9.17) is 25.4 Å². The highest BCUT2D eigenvalue weighted by Crippen LogP contribution is 2.63. The molecule has 0 unspecified atom stereocenters. The van der Waals surface area contributed by atoms with Crippen LogP contribution in [-0.2, 0) is 44.8 Å². The van der Waals surface area contributed by atoms with Crippen molar-refractivity contribution >= 4 is 34.8 Å². The summed E-state index contributed by atoms with van der Waals surface area (Å²) < 4.78 is 31.5. The van der Waals surface area contributed by atoms with Crippen LogP contribution in [0.15, 0.2) is 36.4 Å². The average Bonchev–Trinajstić information content (AvgIpc) is 3.91. The Bertz CT molecular complexity index is 2150. The fraction of sp³-hybridized carbons (Fsp3) is 0.500. The smallest absolute Gasteiger partial charge is 0.291 e. The highest BCUT2D eigenvalue weighted by molar-refractivity contribution is 6.36. The Morgan fingerprint density at radius 1 is 0.923 bits per heavy atom. The normalized spacial score (nSPS) is 23.4. The molecule has 2 aromatic heterocycles. The van der Waals surface area contributed by atoms with E-state index in [2.05, 4.69) is 25.8 Å². The molecule has 2 aliphatic carbocycles. The molecule has 0 spiro atoms. The van der Waals surface area contributed by atoms with Crippen LogP contribution >= 0.6 is 11.6 Å². The van der Waals surface area contributed by atoms with Gasteiger partial charge in [0, 0.05) is 82.8 Å². The number of ether oxygens (including phenoxy) is 1. The lowest BCUT2D eigenvalue weighted by molar-refractivity contribution is 0.0860. The van der Waals surface area contributed by atoms with Crippen molar-refractivity contribution < 1.29 is 18.4 Å². The molecule has 0 radical (unpaired) electrons. The molecule has 0 atom stereocenters. The van der Waals surface area contributed by atoms with E-state index in [0.717, 1.165) is 110 Å². The number of imidazole rings is 2. The summed E-state index contributed by atoms with van der Waals surface area (Å²) in [5.41, 5.74) is 7.76. The molecule has 0 saturated heterocycles. The average molecular weight is 728 g/mol. The van der Waals surface area contributed by atoms with Crippen molar-refractivity contribution in [2.75, 3.05) is 43.9 Å². The van der Waals surface area contributed by atoms with E-state index >= 15 is 0 Å². The summed E-state index contributed by atoms with van der Waals surface area (Å²) in [4.78, 5) is 39.1. The van der Waals surface area contributed by atoms with Gasteiger partial charge in [-0.3, -0.25) is 14.5 Å². The van der Waals surface area contributed by atoms with E-state index in [9.17, 15) is 9.59 Å². The second-order valence-corrected chi connectivity index (χ2v) is 15.9. The molecule has 4 aliphatic rings. The Morgan fingerprint density at radius 2 is 1.58 bits per heavy atom. The van der Waals surface area contributed by atoms with E-state index in [-0.39, 0.29) is 22.6 Å². The third kappa shape index (κ3) is 6.25. The summed E-state index contributed by atoms with van der Waals surface area (Å²) >= 11 is 6.96. The van der Waals surface area contributed by atoms with Gasteiger partial charge >= 0.3 is 0 Å². The number of amides is 2. The van der Waals surface area contributed by atoms with Crippen LogP contribution in [0, 0.1) is 17.8 Å². The van der Waals surface area contributed by atoms with Gasteiger partial charge in [0.2, 0.25) is 0 Å². The van der Waals surface area contributed by atoms with Gasteiger partial charge in [-0.05, 0) is 86.1 Å². The summed E-state index contributed by atoms with van der Waals surface area (Å²) in [5.74, 6) is 0.0971. The number of hydrogen-bond donors (Lipinski definition) is 3. The number of carbonyl (C=O) groups excluding carboxylic acids is 2. The highest BCUT2D eigenvalue weighted by Gasteiger charge is 2.53. The van der Waals surface area contributed by atoms with Gasteiger partial charge < -0.3 is 29.8 Å². The Kier molecular flexibility index (Phi) is 8.33. The van der Waals surface area contributed by atoms with Gasteiger partial charge in [0.1, 0.15) is 0 Å². The number of rotatable bonds is 10. The number of nitrogens with zero attached hydrogens (tertiary/aromatic N) is 5. The highest BCUT2D eigenvalue weighted by atomic mass is 35.5. The second-order valence-electron chi connectivity index (χ2n) is 15.5. The molecule has 52 heavy (non-hydrogen) atoms. The summed E-state index contributed by atoms with van der Waals surface area (Å²) in [6.07, 6.45) is 8.09. The van der Waals surface area contributed by atoms with Gasteiger partial charge in [-0.15, -0.1) is 0 Å². The summed E-state index contributed by atoms with van der Waals surface area (Å²) in [6, 6.07) is 11.2. The number of hydrogen-bond acceptors (Lipinski definition) is 7. The quantitative estimate of drug-likeness (QED) is 0.176.